The molecule has 3 aliphatic carbocycles. The smallest absolute Gasteiger partial charge is 0.147 e. The van der Waals surface area contributed by atoms with Crippen molar-refractivity contribution < 1.29 is 0 Å². The predicted octanol–water partition coefficient (Wildman–Crippen LogP) is 4.67. The number of halogens is 2. The van der Waals surface area contributed by atoms with Gasteiger partial charge in [0.1, 0.15) is 11.6 Å². The van der Waals surface area contributed by atoms with E-state index in [0.29, 0.717) is 16.1 Å². The third kappa shape index (κ3) is 2.29. The molecule has 4 unspecified atom stereocenters. The molecule has 0 aromatic carbocycles. The van der Waals surface area contributed by atoms with E-state index >= 15 is 0 Å². The maximum Gasteiger partial charge on any atom is 0.147 e. The van der Waals surface area contributed by atoms with Crippen LogP contribution in [0.3, 0.4) is 0 Å². The summed E-state index contributed by atoms with van der Waals surface area (Å²) in [6.45, 7) is 2.99. The van der Waals surface area contributed by atoms with Crippen molar-refractivity contribution in [2.75, 3.05) is 17.2 Å². The highest BCUT2D eigenvalue weighted by Gasteiger charge is 2.65. The fourth-order valence-electron chi connectivity index (χ4n) is 4.61. The second-order valence-corrected chi connectivity index (χ2v) is 7.55. The Hall–Kier alpha value is -0.670. The van der Waals surface area contributed by atoms with Gasteiger partial charge in [-0.1, -0.05) is 30.1 Å². The number of rotatable bonds is 5. The van der Waals surface area contributed by atoms with Crippen molar-refractivity contribution in [3.8, 4) is 0 Å². The lowest BCUT2D eigenvalue weighted by atomic mass is 10.0. The molecule has 1 heterocycles. The average molecular weight is 326 g/mol. The molecule has 1 aromatic rings. The summed E-state index contributed by atoms with van der Waals surface area (Å²) in [5.74, 6) is 5.15. The molecule has 3 nitrogen and oxygen atoms in total. The van der Waals surface area contributed by atoms with Crippen LogP contribution in [0.5, 0.6) is 0 Å². The molecule has 4 rings (SSSR count). The van der Waals surface area contributed by atoms with Crippen molar-refractivity contribution in [3.63, 3.8) is 0 Å². The molecule has 3 fully saturated rings. The molecule has 21 heavy (non-hydrogen) atoms. The van der Waals surface area contributed by atoms with E-state index in [1.165, 1.54) is 19.3 Å². The maximum absolute atomic E-state index is 6.32. The van der Waals surface area contributed by atoms with Crippen LogP contribution in [0, 0.1) is 23.7 Å². The molecule has 3 aliphatic rings. The van der Waals surface area contributed by atoms with Crippen molar-refractivity contribution >= 4 is 34.8 Å². The number of nitrogens with zero attached hydrogens (tertiary/aromatic N) is 1. The van der Waals surface area contributed by atoms with E-state index in [4.69, 9.17) is 23.2 Å². The third-order valence-corrected chi connectivity index (χ3v) is 6.09. The van der Waals surface area contributed by atoms with Gasteiger partial charge in [0, 0.05) is 12.6 Å². The zero-order chi connectivity index (χ0) is 14.6. The topological polar surface area (TPSA) is 37.0 Å². The Balaban J connectivity index is 1.50. The van der Waals surface area contributed by atoms with Crippen LogP contribution in [0.4, 0.5) is 11.6 Å². The van der Waals surface area contributed by atoms with E-state index in [0.717, 1.165) is 48.3 Å². The van der Waals surface area contributed by atoms with Crippen LogP contribution in [0.2, 0.25) is 10.0 Å². The maximum atomic E-state index is 6.32. The quantitative estimate of drug-likeness (QED) is 0.826. The summed E-state index contributed by atoms with van der Waals surface area (Å²) in [5.41, 5.74) is 0. The Morgan fingerprint density at radius 2 is 1.81 bits per heavy atom. The molecule has 0 saturated heterocycles. The number of anilines is 2. The summed E-state index contributed by atoms with van der Waals surface area (Å²) in [6, 6.07) is 2.38. The van der Waals surface area contributed by atoms with Gasteiger partial charge >= 0.3 is 0 Å². The van der Waals surface area contributed by atoms with Crippen molar-refractivity contribution in [1.29, 1.82) is 0 Å². The van der Waals surface area contributed by atoms with E-state index in [1.54, 1.807) is 6.07 Å². The zero-order valence-corrected chi connectivity index (χ0v) is 13.7. The van der Waals surface area contributed by atoms with Crippen LogP contribution >= 0.6 is 23.2 Å². The molecule has 4 atom stereocenters. The molecule has 1 aromatic heterocycles. The second-order valence-electron chi connectivity index (χ2n) is 6.73. The van der Waals surface area contributed by atoms with Crippen molar-refractivity contribution in [3.05, 3.63) is 16.1 Å². The molecule has 2 bridgehead atoms. The second kappa shape index (κ2) is 5.20. The van der Waals surface area contributed by atoms with Gasteiger partial charge in [-0.15, -0.1) is 0 Å². The van der Waals surface area contributed by atoms with Gasteiger partial charge in [0.15, 0.2) is 0 Å². The van der Waals surface area contributed by atoms with Crippen LogP contribution in [0.1, 0.15) is 32.6 Å². The van der Waals surface area contributed by atoms with Gasteiger partial charge in [-0.2, -0.15) is 0 Å². The lowest BCUT2D eigenvalue weighted by Crippen LogP contribution is -2.15. The first-order valence-corrected chi connectivity index (χ1v) is 8.81. The summed E-state index contributed by atoms with van der Waals surface area (Å²) in [6.07, 6.45) is 5.35. The van der Waals surface area contributed by atoms with Crippen molar-refractivity contribution in [2.45, 2.75) is 38.6 Å². The molecule has 0 radical (unpaired) electrons. The van der Waals surface area contributed by atoms with Gasteiger partial charge in [-0.25, -0.2) is 4.98 Å². The highest BCUT2D eigenvalue weighted by molar-refractivity contribution is 6.37. The van der Waals surface area contributed by atoms with Crippen LogP contribution in [-0.4, -0.2) is 17.6 Å². The number of hydrogen-bond donors (Lipinski definition) is 2. The molecule has 0 aliphatic heterocycles. The first-order valence-electron chi connectivity index (χ1n) is 8.05. The number of nitrogens with one attached hydrogen (secondary N) is 2. The van der Waals surface area contributed by atoms with Gasteiger partial charge in [0.05, 0.1) is 10.0 Å². The lowest BCUT2D eigenvalue weighted by Gasteiger charge is -2.14. The molecular formula is C16H21Cl2N3. The minimum absolute atomic E-state index is 0.585. The molecule has 0 amide bonds. The zero-order valence-electron chi connectivity index (χ0n) is 12.2. The van der Waals surface area contributed by atoms with Gasteiger partial charge < -0.3 is 10.6 Å². The van der Waals surface area contributed by atoms with E-state index in [9.17, 15) is 0 Å². The van der Waals surface area contributed by atoms with E-state index < -0.39 is 0 Å². The SMILES string of the molecule is CCCNc1nc(NC2C3C4CCC(C4)C23)c(Cl)cc1Cl. The summed E-state index contributed by atoms with van der Waals surface area (Å²) in [7, 11) is 0. The minimum Gasteiger partial charge on any atom is -0.369 e. The van der Waals surface area contributed by atoms with E-state index in [-0.39, 0.29) is 0 Å². The predicted molar refractivity (Wildman–Crippen MR) is 88.3 cm³/mol. The molecular weight excluding hydrogens is 305 g/mol. The van der Waals surface area contributed by atoms with Gasteiger partial charge in [-0.05, 0) is 55.4 Å². The Labute approximate surface area is 135 Å². The normalized spacial score (nSPS) is 35.7. The summed E-state index contributed by atoms with van der Waals surface area (Å²) in [5, 5.41) is 8.07. The fraction of sp³-hybridized carbons (Fsp3) is 0.688. The van der Waals surface area contributed by atoms with Crippen molar-refractivity contribution in [1.82, 2.24) is 4.98 Å². The number of pyridine rings is 1. The molecule has 0 spiro atoms. The summed E-state index contributed by atoms with van der Waals surface area (Å²) >= 11 is 12.5. The first-order chi connectivity index (χ1) is 10.2. The van der Waals surface area contributed by atoms with Gasteiger partial charge in [0.25, 0.3) is 0 Å². The van der Waals surface area contributed by atoms with Crippen LogP contribution in [-0.2, 0) is 0 Å². The summed E-state index contributed by atoms with van der Waals surface area (Å²) in [4.78, 5) is 4.60. The first kappa shape index (κ1) is 14.0. The summed E-state index contributed by atoms with van der Waals surface area (Å²) < 4.78 is 0. The number of fused-ring (bicyclic) bond motifs is 5. The van der Waals surface area contributed by atoms with E-state index in [2.05, 4.69) is 22.5 Å². The van der Waals surface area contributed by atoms with Gasteiger partial charge in [-0.3, -0.25) is 0 Å². The number of hydrogen-bond acceptors (Lipinski definition) is 3. The number of aromatic nitrogens is 1. The molecule has 5 heteroatoms. The Morgan fingerprint density at radius 3 is 2.48 bits per heavy atom. The third-order valence-electron chi connectivity index (χ3n) is 5.51. The monoisotopic (exact) mass is 325 g/mol. The molecule has 114 valence electrons. The van der Waals surface area contributed by atoms with E-state index in [1.807, 2.05) is 0 Å². The van der Waals surface area contributed by atoms with Crippen LogP contribution in [0.15, 0.2) is 6.07 Å². The minimum atomic E-state index is 0.585. The molecule has 2 N–H and O–H groups in total. The Morgan fingerprint density at radius 1 is 1.14 bits per heavy atom. The lowest BCUT2D eigenvalue weighted by molar-refractivity contribution is 0.456. The molecule has 3 saturated carbocycles. The largest absolute Gasteiger partial charge is 0.369 e. The van der Waals surface area contributed by atoms with Crippen molar-refractivity contribution in [2.24, 2.45) is 23.7 Å². The standard InChI is InChI=1S/C16H21Cl2N3/c1-2-5-19-15-10(17)7-11(18)16(21-15)20-14-12-8-3-4-9(6-8)13(12)14/h7-9,12-14H,2-6H2,1H3,(H2,19,20,21). The van der Waals surface area contributed by atoms with Crippen LogP contribution in [0.25, 0.3) is 0 Å². The highest BCUT2D eigenvalue weighted by atomic mass is 35.5. The Bertz CT molecular complexity index is 547. The average Bonchev–Trinajstić information content (AvgIpc) is 2.85. The van der Waals surface area contributed by atoms with Gasteiger partial charge in [0.2, 0.25) is 0 Å². The van der Waals surface area contributed by atoms with Crippen LogP contribution < -0.4 is 10.6 Å². The Kier molecular flexibility index (Phi) is 3.46. The fourth-order valence-corrected chi connectivity index (χ4v) is 5.09. The highest BCUT2D eigenvalue weighted by Crippen LogP contribution is 2.66.